The Balaban J connectivity index is 1.70. The third-order valence-corrected chi connectivity index (χ3v) is 3.89. The van der Waals surface area contributed by atoms with Crippen molar-refractivity contribution in [1.29, 1.82) is 0 Å². The molecule has 2 fully saturated rings. The minimum absolute atomic E-state index is 0.355. The number of fused-ring (bicyclic) bond motifs is 1. The number of hydrogen-bond acceptors (Lipinski definition) is 2. The van der Waals surface area contributed by atoms with Crippen molar-refractivity contribution in [2.75, 3.05) is 27.2 Å². The standard InChI is InChI=1S/C12H22N2O/c1-13-4-3-5-14(2)12(15)11-7-9-6-10(9)8-11/h9-11,13H,3-8H2,1-2H3. The van der Waals surface area contributed by atoms with Gasteiger partial charge in [0, 0.05) is 19.5 Å². The van der Waals surface area contributed by atoms with Crippen molar-refractivity contribution in [3.63, 3.8) is 0 Å². The summed E-state index contributed by atoms with van der Waals surface area (Å²) in [6, 6.07) is 0. The van der Waals surface area contributed by atoms with Crippen LogP contribution >= 0.6 is 0 Å². The largest absolute Gasteiger partial charge is 0.345 e. The predicted octanol–water partition coefficient (Wildman–Crippen LogP) is 1.10. The maximum absolute atomic E-state index is 12.0. The van der Waals surface area contributed by atoms with Crippen molar-refractivity contribution in [2.24, 2.45) is 17.8 Å². The van der Waals surface area contributed by atoms with Gasteiger partial charge in [-0.15, -0.1) is 0 Å². The van der Waals surface area contributed by atoms with E-state index in [2.05, 4.69) is 5.32 Å². The van der Waals surface area contributed by atoms with Crippen LogP contribution in [0.25, 0.3) is 0 Å². The second-order valence-corrected chi connectivity index (χ2v) is 5.14. The van der Waals surface area contributed by atoms with Gasteiger partial charge in [0.15, 0.2) is 0 Å². The van der Waals surface area contributed by atoms with Gasteiger partial charge < -0.3 is 10.2 Å². The summed E-state index contributed by atoms with van der Waals surface area (Å²) in [7, 11) is 3.90. The lowest BCUT2D eigenvalue weighted by molar-refractivity contribution is -0.134. The molecule has 0 bridgehead atoms. The van der Waals surface area contributed by atoms with Gasteiger partial charge in [0.25, 0.3) is 0 Å². The molecule has 1 amide bonds. The number of carbonyl (C=O) groups is 1. The van der Waals surface area contributed by atoms with Gasteiger partial charge in [0.2, 0.25) is 5.91 Å². The number of nitrogens with zero attached hydrogens (tertiary/aromatic N) is 1. The van der Waals surface area contributed by atoms with Gasteiger partial charge in [-0.1, -0.05) is 0 Å². The van der Waals surface area contributed by atoms with Gasteiger partial charge >= 0.3 is 0 Å². The lowest BCUT2D eigenvalue weighted by atomic mass is 10.0. The molecule has 0 radical (unpaired) electrons. The Morgan fingerprint density at radius 3 is 2.60 bits per heavy atom. The smallest absolute Gasteiger partial charge is 0.225 e. The first-order valence-electron chi connectivity index (χ1n) is 6.12. The molecule has 3 heteroatoms. The first kappa shape index (κ1) is 10.9. The molecule has 0 heterocycles. The van der Waals surface area contributed by atoms with E-state index in [0.29, 0.717) is 11.8 Å². The maximum Gasteiger partial charge on any atom is 0.225 e. The number of hydrogen-bond donors (Lipinski definition) is 1. The zero-order valence-corrected chi connectivity index (χ0v) is 9.83. The summed E-state index contributed by atoms with van der Waals surface area (Å²) in [5, 5.41) is 3.11. The Hall–Kier alpha value is -0.570. The topological polar surface area (TPSA) is 32.3 Å². The quantitative estimate of drug-likeness (QED) is 0.689. The number of nitrogens with one attached hydrogen (secondary N) is 1. The van der Waals surface area contributed by atoms with E-state index in [9.17, 15) is 4.79 Å². The predicted molar refractivity (Wildman–Crippen MR) is 60.5 cm³/mol. The van der Waals surface area contributed by atoms with Crippen LogP contribution in [0, 0.1) is 17.8 Å². The van der Waals surface area contributed by atoms with Crippen LogP contribution in [-0.4, -0.2) is 38.0 Å². The third kappa shape index (κ3) is 2.51. The van der Waals surface area contributed by atoms with Crippen molar-refractivity contribution in [3.05, 3.63) is 0 Å². The molecule has 0 aromatic rings. The molecule has 1 N–H and O–H groups in total. The highest BCUT2D eigenvalue weighted by molar-refractivity contribution is 5.79. The summed E-state index contributed by atoms with van der Waals surface area (Å²) in [5.74, 6) is 2.56. The summed E-state index contributed by atoms with van der Waals surface area (Å²) in [6.07, 6.45) is 4.78. The molecule has 2 unspecified atom stereocenters. The highest BCUT2D eigenvalue weighted by Gasteiger charge is 2.48. The van der Waals surface area contributed by atoms with Crippen LogP contribution in [0.2, 0.25) is 0 Å². The number of amides is 1. The van der Waals surface area contributed by atoms with Gasteiger partial charge in [-0.25, -0.2) is 0 Å². The number of carbonyl (C=O) groups excluding carboxylic acids is 1. The van der Waals surface area contributed by atoms with E-state index in [1.807, 2.05) is 19.0 Å². The molecule has 0 spiro atoms. The summed E-state index contributed by atoms with van der Waals surface area (Å²) >= 11 is 0. The molecule has 2 aliphatic rings. The third-order valence-electron chi connectivity index (χ3n) is 3.89. The first-order chi connectivity index (χ1) is 7.22. The molecule has 3 nitrogen and oxygen atoms in total. The van der Waals surface area contributed by atoms with E-state index >= 15 is 0 Å². The Kier molecular flexibility index (Phi) is 3.29. The lowest BCUT2D eigenvalue weighted by Gasteiger charge is -2.21. The van der Waals surface area contributed by atoms with E-state index in [0.717, 1.165) is 31.3 Å². The number of rotatable bonds is 5. The van der Waals surface area contributed by atoms with E-state index in [1.165, 1.54) is 19.3 Å². The Morgan fingerprint density at radius 2 is 2.00 bits per heavy atom. The SMILES string of the molecule is CNCCCN(C)C(=O)C1CC2CC2C1. The van der Waals surface area contributed by atoms with Gasteiger partial charge in [-0.05, 0) is 51.1 Å². The lowest BCUT2D eigenvalue weighted by Crippen LogP contribution is -2.34. The fourth-order valence-corrected chi connectivity index (χ4v) is 2.83. The molecule has 0 saturated heterocycles. The summed E-state index contributed by atoms with van der Waals surface area (Å²) in [5.41, 5.74) is 0. The Bertz CT molecular complexity index is 232. The van der Waals surface area contributed by atoms with Crippen LogP contribution in [0.15, 0.2) is 0 Å². The van der Waals surface area contributed by atoms with Crippen LogP contribution in [-0.2, 0) is 4.79 Å². The Labute approximate surface area is 92.2 Å². The average molecular weight is 210 g/mol. The van der Waals surface area contributed by atoms with Crippen molar-refractivity contribution < 1.29 is 4.79 Å². The van der Waals surface area contributed by atoms with Crippen LogP contribution in [0.3, 0.4) is 0 Å². The highest BCUT2D eigenvalue weighted by Crippen LogP contribution is 2.54. The van der Waals surface area contributed by atoms with Crippen LogP contribution in [0.1, 0.15) is 25.7 Å². The molecule has 2 aliphatic carbocycles. The van der Waals surface area contributed by atoms with Crippen molar-refractivity contribution in [3.8, 4) is 0 Å². The second kappa shape index (κ2) is 4.52. The molecular weight excluding hydrogens is 188 g/mol. The molecule has 2 atom stereocenters. The van der Waals surface area contributed by atoms with E-state index < -0.39 is 0 Å². The van der Waals surface area contributed by atoms with Crippen molar-refractivity contribution >= 4 is 5.91 Å². The monoisotopic (exact) mass is 210 g/mol. The summed E-state index contributed by atoms with van der Waals surface area (Å²) < 4.78 is 0. The van der Waals surface area contributed by atoms with Crippen LogP contribution in [0.4, 0.5) is 0 Å². The maximum atomic E-state index is 12.0. The molecule has 0 aromatic heterocycles. The normalized spacial score (nSPS) is 32.5. The molecule has 15 heavy (non-hydrogen) atoms. The van der Waals surface area contributed by atoms with Crippen molar-refractivity contribution in [1.82, 2.24) is 10.2 Å². The fraction of sp³-hybridized carbons (Fsp3) is 0.917. The second-order valence-electron chi connectivity index (χ2n) is 5.14. The van der Waals surface area contributed by atoms with Gasteiger partial charge in [0.05, 0.1) is 0 Å². The van der Waals surface area contributed by atoms with Gasteiger partial charge in [-0.3, -0.25) is 4.79 Å². The molecule has 2 rings (SSSR count). The average Bonchev–Trinajstić information content (AvgIpc) is 2.85. The van der Waals surface area contributed by atoms with E-state index in [1.54, 1.807) is 0 Å². The van der Waals surface area contributed by atoms with E-state index in [4.69, 9.17) is 0 Å². The molecule has 0 aromatic carbocycles. The zero-order valence-electron chi connectivity index (χ0n) is 9.83. The zero-order chi connectivity index (χ0) is 10.8. The summed E-state index contributed by atoms with van der Waals surface area (Å²) in [6.45, 7) is 1.89. The van der Waals surface area contributed by atoms with Crippen LogP contribution < -0.4 is 5.32 Å². The molecule has 0 aliphatic heterocycles. The summed E-state index contributed by atoms with van der Waals surface area (Å²) in [4.78, 5) is 13.9. The molecule has 2 saturated carbocycles. The van der Waals surface area contributed by atoms with Crippen LogP contribution in [0.5, 0.6) is 0 Å². The Morgan fingerprint density at radius 1 is 1.33 bits per heavy atom. The molecular formula is C12H22N2O. The minimum Gasteiger partial charge on any atom is -0.345 e. The molecule has 86 valence electrons. The fourth-order valence-electron chi connectivity index (χ4n) is 2.83. The van der Waals surface area contributed by atoms with Gasteiger partial charge in [0.1, 0.15) is 0 Å². The first-order valence-corrected chi connectivity index (χ1v) is 6.12. The highest BCUT2D eigenvalue weighted by atomic mass is 16.2. The minimum atomic E-state index is 0.355. The van der Waals surface area contributed by atoms with Crippen molar-refractivity contribution in [2.45, 2.75) is 25.7 Å². The van der Waals surface area contributed by atoms with E-state index in [-0.39, 0.29) is 0 Å². The van der Waals surface area contributed by atoms with Gasteiger partial charge in [-0.2, -0.15) is 0 Å².